The monoisotopic (exact) mass is 504 g/mol. The second-order valence-corrected chi connectivity index (χ2v) is 8.11. The topological polar surface area (TPSA) is 135 Å². The molecule has 0 aliphatic rings. The number of aliphatic hydroxyl groups excluding tert-OH is 1. The van der Waals surface area contributed by atoms with Crippen molar-refractivity contribution in [3.8, 4) is 6.07 Å². The number of pyridine rings is 1. The number of carbonyl (C=O) groups is 1. The Labute approximate surface area is 210 Å². The molecule has 4 aromatic rings. The highest BCUT2D eigenvalue weighted by Crippen LogP contribution is 2.22. The van der Waals surface area contributed by atoms with Crippen LogP contribution >= 0.6 is 0 Å². The molecule has 0 atom stereocenters. The average Bonchev–Trinajstić information content (AvgIpc) is 2.91. The van der Waals surface area contributed by atoms with Crippen molar-refractivity contribution in [2.24, 2.45) is 0 Å². The van der Waals surface area contributed by atoms with Crippen molar-refractivity contribution in [3.63, 3.8) is 0 Å². The van der Waals surface area contributed by atoms with E-state index in [1.807, 2.05) is 6.07 Å². The number of nitrogens with one attached hydrogen (secondary N) is 2. The Kier molecular flexibility index (Phi) is 7.80. The van der Waals surface area contributed by atoms with Crippen LogP contribution in [0.5, 0.6) is 0 Å². The molecule has 0 spiro atoms. The highest BCUT2D eigenvalue weighted by atomic mass is 19.2. The van der Waals surface area contributed by atoms with Gasteiger partial charge in [-0.15, -0.1) is 0 Å². The molecule has 0 fully saturated rings. The predicted molar refractivity (Wildman–Crippen MR) is 132 cm³/mol. The number of halogens is 2. The van der Waals surface area contributed by atoms with E-state index < -0.39 is 29.7 Å². The number of rotatable bonds is 9. The van der Waals surface area contributed by atoms with Crippen LogP contribution in [-0.4, -0.2) is 57.3 Å². The van der Waals surface area contributed by atoms with E-state index >= 15 is 0 Å². The molecule has 0 saturated carbocycles. The van der Waals surface area contributed by atoms with Gasteiger partial charge in [-0.1, -0.05) is 18.2 Å². The number of H-pyrrole nitrogens is 1. The number of hydrogen-bond donors (Lipinski definition) is 3. The first-order valence-electron chi connectivity index (χ1n) is 11.4. The van der Waals surface area contributed by atoms with E-state index in [9.17, 15) is 28.7 Å². The Bertz CT molecular complexity index is 1550. The molecule has 37 heavy (non-hydrogen) atoms. The molecule has 1 amide bonds. The summed E-state index contributed by atoms with van der Waals surface area (Å²) in [6.45, 7) is -0.339. The molecule has 0 radical (unpaired) electrons. The number of aliphatic hydroxyl groups is 1. The zero-order valence-electron chi connectivity index (χ0n) is 19.5. The van der Waals surface area contributed by atoms with Gasteiger partial charge in [0.05, 0.1) is 28.8 Å². The molecule has 0 aliphatic heterocycles. The lowest BCUT2D eigenvalue weighted by molar-refractivity contribution is 0.0723. The van der Waals surface area contributed by atoms with Crippen LogP contribution in [0.1, 0.15) is 27.2 Å². The number of nitriles is 1. The minimum absolute atomic E-state index is 0.0260. The van der Waals surface area contributed by atoms with Crippen molar-refractivity contribution in [3.05, 3.63) is 99.1 Å². The van der Waals surface area contributed by atoms with Crippen molar-refractivity contribution < 1.29 is 18.7 Å². The smallest absolute Gasteiger partial charge is 0.272 e. The van der Waals surface area contributed by atoms with E-state index in [-0.39, 0.29) is 37.2 Å². The van der Waals surface area contributed by atoms with Gasteiger partial charge in [-0.05, 0) is 35.9 Å². The van der Waals surface area contributed by atoms with E-state index in [1.165, 1.54) is 17.2 Å². The van der Waals surface area contributed by atoms with Gasteiger partial charge in [0.15, 0.2) is 11.6 Å². The van der Waals surface area contributed by atoms with Crippen molar-refractivity contribution in [2.75, 3.05) is 31.6 Å². The predicted octanol–water partition coefficient (Wildman–Crippen LogP) is 2.61. The normalized spacial score (nSPS) is 10.8. The number of benzene rings is 2. The number of aromatic amines is 1. The molecule has 188 valence electrons. The Morgan fingerprint density at radius 3 is 2.68 bits per heavy atom. The molecular weight excluding hydrogens is 482 g/mol. The van der Waals surface area contributed by atoms with Gasteiger partial charge in [0.2, 0.25) is 0 Å². The summed E-state index contributed by atoms with van der Waals surface area (Å²) in [7, 11) is 0. The van der Waals surface area contributed by atoms with Crippen LogP contribution in [0.15, 0.2) is 59.5 Å². The standard InChI is InChI=1S/C26H22F2N6O3/c27-21-13-16(14-22-18-5-1-2-6-19(18)25(36)33-32-22)12-20(23(21)28)26(37)34(10-11-35)9-8-31-24-17(15-29)4-3-7-30-24/h1-7,12-13,35H,8-11,14H2,(H,30,31)(H,33,36). The van der Waals surface area contributed by atoms with E-state index in [2.05, 4.69) is 20.5 Å². The molecule has 0 aliphatic carbocycles. The maximum absolute atomic E-state index is 14.8. The summed E-state index contributed by atoms with van der Waals surface area (Å²) in [5.74, 6) is -3.00. The number of anilines is 1. The molecule has 0 unspecified atom stereocenters. The number of fused-ring (bicyclic) bond motifs is 1. The number of hydrogen-bond acceptors (Lipinski definition) is 7. The molecule has 3 N–H and O–H groups in total. The summed E-state index contributed by atoms with van der Waals surface area (Å²) in [6, 6.07) is 14.2. The van der Waals surface area contributed by atoms with Crippen LogP contribution in [0.3, 0.4) is 0 Å². The Morgan fingerprint density at radius 2 is 1.92 bits per heavy atom. The highest BCUT2D eigenvalue weighted by Gasteiger charge is 2.23. The number of aromatic nitrogens is 3. The fraction of sp³-hybridized carbons (Fsp3) is 0.192. The second-order valence-electron chi connectivity index (χ2n) is 8.11. The largest absolute Gasteiger partial charge is 0.395 e. The lowest BCUT2D eigenvalue weighted by Gasteiger charge is -2.23. The lowest BCUT2D eigenvalue weighted by Crippen LogP contribution is -2.38. The van der Waals surface area contributed by atoms with Gasteiger partial charge in [0.1, 0.15) is 11.9 Å². The Morgan fingerprint density at radius 1 is 1.14 bits per heavy atom. The lowest BCUT2D eigenvalue weighted by atomic mass is 10.0. The quantitative estimate of drug-likeness (QED) is 0.319. The first-order valence-corrected chi connectivity index (χ1v) is 11.4. The Balaban J connectivity index is 1.58. The molecule has 2 heterocycles. The van der Waals surface area contributed by atoms with Gasteiger partial charge in [-0.2, -0.15) is 10.4 Å². The van der Waals surface area contributed by atoms with Crippen LogP contribution in [0.4, 0.5) is 14.6 Å². The summed E-state index contributed by atoms with van der Waals surface area (Å²) in [4.78, 5) is 30.5. The zero-order valence-corrected chi connectivity index (χ0v) is 19.5. The van der Waals surface area contributed by atoms with Crippen molar-refractivity contribution >= 4 is 22.5 Å². The molecular formula is C26H22F2N6O3. The molecule has 9 nitrogen and oxygen atoms in total. The fourth-order valence-electron chi connectivity index (χ4n) is 3.95. The highest BCUT2D eigenvalue weighted by molar-refractivity contribution is 5.95. The van der Waals surface area contributed by atoms with Gasteiger partial charge in [0.25, 0.3) is 11.5 Å². The molecule has 11 heteroatoms. The molecule has 0 bridgehead atoms. The summed E-state index contributed by atoms with van der Waals surface area (Å²) < 4.78 is 29.3. The summed E-state index contributed by atoms with van der Waals surface area (Å²) in [5.41, 5.74) is 0.154. The van der Waals surface area contributed by atoms with E-state index in [4.69, 9.17) is 0 Å². The third kappa shape index (κ3) is 5.60. The number of nitrogens with zero attached hydrogens (tertiary/aromatic N) is 4. The minimum Gasteiger partial charge on any atom is -0.395 e. The van der Waals surface area contributed by atoms with Crippen molar-refractivity contribution in [1.82, 2.24) is 20.1 Å². The number of amides is 1. The first-order chi connectivity index (χ1) is 17.9. The second kappa shape index (κ2) is 11.4. The summed E-state index contributed by atoms with van der Waals surface area (Å²) in [5, 5.41) is 29.0. The number of carbonyl (C=O) groups excluding carboxylic acids is 1. The van der Waals surface area contributed by atoms with Gasteiger partial charge >= 0.3 is 0 Å². The van der Waals surface area contributed by atoms with Crippen LogP contribution in [0.2, 0.25) is 0 Å². The maximum atomic E-state index is 14.8. The van der Waals surface area contributed by atoms with Gasteiger partial charge in [-0.3, -0.25) is 9.59 Å². The summed E-state index contributed by atoms with van der Waals surface area (Å²) in [6.07, 6.45) is 1.54. The van der Waals surface area contributed by atoms with Crippen LogP contribution in [0, 0.1) is 23.0 Å². The van der Waals surface area contributed by atoms with E-state index in [0.29, 0.717) is 27.8 Å². The van der Waals surface area contributed by atoms with E-state index in [0.717, 1.165) is 6.07 Å². The fourth-order valence-corrected chi connectivity index (χ4v) is 3.95. The molecule has 4 rings (SSSR count). The molecule has 2 aromatic carbocycles. The molecule has 2 aromatic heterocycles. The van der Waals surface area contributed by atoms with Crippen molar-refractivity contribution in [2.45, 2.75) is 6.42 Å². The van der Waals surface area contributed by atoms with Gasteiger partial charge in [0, 0.05) is 37.6 Å². The van der Waals surface area contributed by atoms with Gasteiger partial charge < -0.3 is 15.3 Å². The van der Waals surface area contributed by atoms with Crippen LogP contribution in [-0.2, 0) is 6.42 Å². The third-order valence-electron chi connectivity index (χ3n) is 5.72. The Hall–Kier alpha value is -4.69. The van der Waals surface area contributed by atoms with Crippen LogP contribution < -0.4 is 10.9 Å². The van der Waals surface area contributed by atoms with E-state index in [1.54, 1.807) is 36.4 Å². The molecule has 0 saturated heterocycles. The van der Waals surface area contributed by atoms with Crippen LogP contribution in [0.25, 0.3) is 10.8 Å². The average molecular weight is 504 g/mol. The van der Waals surface area contributed by atoms with Crippen molar-refractivity contribution in [1.29, 1.82) is 5.26 Å². The maximum Gasteiger partial charge on any atom is 0.272 e. The first kappa shape index (κ1) is 25.4. The van der Waals surface area contributed by atoms with Gasteiger partial charge in [-0.25, -0.2) is 18.9 Å². The summed E-state index contributed by atoms with van der Waals surface area (Å²) >= 11 is 0. The third-order valence-corrected chi connectivity index (χ3v) is 5.72. The SMILES string of the molecule is N#Cc1cccnc1NCCN(CCO)C(=O)c1cc(Cc2n[nH]c(=O)c3ccccc23)cc(F)c1F. The zero-order chi connectivity index (χ0) is 26.4. The minimum atomic E-state index is -1.31.